The van der Waals surface area contributed by atoms with Crippen molar-refractivity contribution in [3.8, 4) is 0 Å². The minimum atomic E-state index is -0.426. The molecule has 0 aromatic heterocycles. The lowest BCUT2D eigenvalue weighted by Crippen LogP contribution is -2.40. The van der Waals surface area contributed by atoms with Gasteiger partial charge < -0.3 is 19.7 Å². The fraction of sp³-hybridized carbons (Fsp3) is 0.824. The molecule has 0 saturated carbocycles. The second kappa shape index (κ2) is 7.97. The summed E-state index contributed by atoms with van der Waals surface area (Å²) >= 11 is 0. The molecule has 1 N–H and O–H groups in total. The zero-order chi connectivity index (χ0) is 16.0. The van der Waals surface area contributed by atoms with Crippen LogP contribution >= 0.6 is 0 Å². The van der Waals surface area contributed by atoms with E-state index in [2.05, 4.69) is 11.4 Å². The summed E-state index contributed by atoms with van der Waals surface area (Å²) in [5.74, 6) is 0. The van der Waals surface area contributed by atoms with E-state index >= 15 is 0 Å². The molecule has 2 heterocycles. The molecule has 1 atom stereocenters. The van der Waals surface area contributed by atoms with Gasteiger partial charge in [-0.3, -0.25) is 0 Å². The van der Waals surface area contributed by atoms with Crippen LogP contribution in [0.5, 0.6) is 0 Å². The maximum absolute atomic E-state index is 12.0. The lowest BCUT2D eigenvalue weighted by molar-refractivity contribution is 0.0265. The van der Waals surface area contributed by atoms with E-state index in [1.54, 1.807) is 4.90 Å². The molecular formula is C17H30N2O3. The minimum Gasteiger partial charge on any atom is -0.444 e. The molecular weight excluding hydrogens is 280 g/mol. The summed E-state index contributed by atoms with van der Waals surface area (Å²) in [6.45, 7) is 9.78. The zero-order valence-electron chi connectivity index (χ0n) is 14.2. The third-order valence-corrected chi connectivity index (χ3v) is 4.02. The van der Waals surface area contributed by atoms with Crippen molar-refractivity contribution in [1.82, 2.24) is 10.2 Å². The zero-order valence-corrected chi connectivity index (χ0v) is 14.2. The number of nitrogens with one attached hydrogen (secondary N) is 1. The Bertz CT molecular complexity index is 393. The van der Waals surface area contributed by atoms with Crippen LogP contribution in [0.1, 0.15) is 46.5 Å². The second-order valence-electron chi connectivity index (χ2n) is 7.16. The molecule has 1 fully saturated rings. The lowest BCUT2D eigenvalue weighted by Gasteiger charge is -2.30. The van der Waals surface area contributed by atoms with Gasteiger partial charge in [-0.15, -0.1) is 0 Å². The van der Waals surface area contributed by atoms with E-state index in [4.69, 9.17) is 9.47 Å². The Labute approximate surface area is 134 Å². The third kappa shape index (κ3) is 5.97. The molecule has 1 saturated heterocycles. The van der Waals surface area contributed by atoms with Crippen LogP contribution in [0.25, 0.3) is 0 Å². The first-order valence-electron chi connectivity index (χ1n) is 8.41. The molecule has 5 heteroatoms. The molecule has 1 amide bonds. The number of carbonyl (C=O) groups excluding carboxylic acids is 1. The Morgan fingerprint density at radius 2 is 2.23 bits per heavy atom. The third-order valence-electron chi connectivity index (χ3n) is 4.02. The maximum atomic E-state index is 12.0. The highest BCUT2D eigenvalue weighted by atomic mass is 16.6. The van der Waals surface area contributed by atoms with Crippen LogP contribution in [-0.2, 0) is 9.47 Å². The van der Waals surface area contributed by atoms with Crippen molar-refractivity contribution in [2.45, 2.75) is 58.1 Å². The van der Waals surface area contributed by atoms with Crippen molar-refractivity contribution in [1.29, 1.82) is 0 Å². The summed E-state index contributed by atoms with van der Waals surface area (Å²) in [7, 11) is 0. The van der Waals surface area contributed by atoms with E-state index in [1.807, 2.05) is 20.8 Å². The predicted octanol–water partition coefficient (Wildman–Crippen LogP) is 2.71. The fourth-order valence-corrected chi connectivity index (χ4v) is 2.75. The molecule has 0 spiro atoms. The van der Waals surface area contributed by atoms with Crippen molar-refractivity contribution in [2.75, 3.05) is 32.8 Å². The van der Waals surface area contributed by atoms with Crippen molar-refractivity contribution >= 4 is 6.09 Å². The molecule has 0 bridgehead atoms. The first-order valence-corrected chi connectivity index (χ1v) is 8.41. The molecule has 2 aliphatic heterocycles. The van der Waals surface area contributed by atoms with Gasteiger partial charge in [-0.25, -0.2) is 4.79 Å². The number of hydrogen-bond acceptors (Lipinski definition) is 4. The molecule has 0 aliphatic carbocycles. The topological polar surface area (TPSA) is 50.8 Å². The van der Waals surface area contributed by atoms with Crippen LogP contribution < -0.4 is 5.32 Å². The molecule has 1 unspecified atom stereocenters. The molecule has 5 nitrogen and oxygen atoms in total. The van der Waals surface area contributed by atoms with Crippen molar-refractivity contribution in [3.05, 3.63) is 11.6 Å². The summed E-state index contributed by atoms with van der Waals surface area (Å²) in [5, 5.41) is 3.63. The van der Waals surface area contributed by atoms with Gasteiger partial charge in [0.05, 0.1) is 0 Å². The van der Waals surface area contributed by atoms with Gasteiger partial charge in [0.25, 0.3) is 0 Å². The highest BCUT2D eigenvalue weighted by Crippen LogP contribution is 2.16. The van der Waals surface area contributed by atoms with E-state index < -0.39 is 5.60 Å². The van der Waals surface area contributed by atoms with Gasteiger partial charge >= 0.3 is 6.09 Å². The Kier molecular flexibility index (Phi) is 6.26. The van der Waals surface area contributed by atoms with Crippen LogP contribution in [0.3, 0.4) is 0 Å². The number of ether oxygens (including phenoxy) is 2. The monoisotopic (exact) mass is 310 g/mol. The van der Waals surface area contributed by atoms with E-state index in [0.29, 0.717) is 12.6 Å². The molecule has 0 aromatic carbocycles. The summed E-state index contributed by atoms with van der Waals surface area (Å²) in [5.41, 5.74) is 0.967. The predicted molar refractivity (Wildman–Crippen MR) is 87.0 cm³/mol. The van der Waals surface area contributed by atoms with Gasteiger partial charge in [-0.1, -0.05) is 11.6 Å². The average Bonchev–Trinajstić information content (AvgIpc) is 2.72. The highest BCUT2D eigenvalue weighted by Gasteiger charge is 2.23. The second-order valence-corrected chi connectivity index (χ2v) is 7.16. The van der Waals surface area contributed by atoms with Crippen LogP contribution in [-0.4, -0.2) is 55.5 Å². The maximum Gasteiger partial charge on any atom is 0.410 e. The van der Waals surface area contributed by atoms with E-state index in [-0.39, 0.29) is 6.09 Å². The van der Waals surface area contributed by atoms with Crippen LogP contribution in [0.4, 0.5) is 4.79 Å². The lowest BCUT2D eigenvalue weighted by atomic mass is 10.1. The largest absolute Gasteiger partial charge is 0.444 e. The van der Waals surface area contributed by atoms with Crippen LogP contribution in [0.15, 0.2) is 11.6 Å². The van der Waals surface area contributed by atoms with Crippen molar-refractivity contribution < 1.29 is 14.3 Å². The molecule has 2 rings (SSSR count). The van der Waals surface area contributed by atoms with E-state index in [1.165, 1.54) is 12.0 Å². The highest BCUT2D eigenvalue weighted by molar-refractivity contribution is 5.68. The smallest absolute Gasteiger partial charge is 0.410 e. The number of amides is 1. The first kappa shape index (κ1) is 17.3. The summed E-state index contributed by atoms with van der Waals surface area (Å²) < 4.78 is 10.9. The van der Waals surface area contributed by atoms with Gasteiger partial charge in [-0.2, -0.15) is 0 Å². The van der Waals surface area contributed by atoms with E-state index in [0.717, 1.165) is 45.6 Å². The Morgan fingerprint density at radius 1 is 1.41 bits per heavy atom. The molecule has 0 aromatic rings. The Hall–Kier alpha value is -1.07. The molecule has 126 valence electrons. The van der Waals surface area contributed by atoms with Crippen molar-refractivity contribution in [3.63, 3.8) is 0 Å². The van der Waals surface area contributed by atoms with Gasteiger partial charge in [0, 0.05) is 38.9 Å². The SMILES string of the molecule is CC(C)(C)OC(=O)N1CC=C(CNC2CCCOCC2)CC1. The van der Waals surface area contributed by atoms with Crippen molar-refractivity contribution in [2.24, 2.45) is 0 Å². The average molecular weight is 310 g/mol. The number of rotatable bonds is 3. The van der Waals surface area contributed by atoms with Crippen LogP contribution in [0.2, 0.25) is 0 Å². The Balaban J connectivity index is 1.73. The quantitative estimate of drug-likeness (QED) is 0.814. The standard InChI is InChI=1S/C17H30N2O3/c1-17(2,3)22-16(20)19-9-6-14(7-10-19)13-18-15-5-4-11-21-12-8-15/h6,15,18H,4-5,7-13H2,1-3H3. The molecule has 0 radical (unpaired) electrons. The van der Waals surface area contributed by atoms with Gasteiger partial charge in [0.2, 0.25) is 0 Å². The molecule has 2 aliphatic rings. The number of nitrogens with zero attached hydrogens (tertiary/aromatic N) is 1. The summed E-state index contributed by atoms with van der Waals surface area (Å²) in [4.78, 5) is 13.8. The van der Waals surface area contributed by atoms with Gasteiger partial charge in [-0.05, 0) is 46.5 Å². The van der Waals surface area contributed by atoms with Crippen LogP contribution in [0, 0.1) is 0 Å². The minimum absolute atomic E-state index is 0.211. The summed E-state index contributed by atoms with van der Waals surface area (Å²) in [6, 6.07) is 0.562. The van der Waals surface area contributed by atoms with E-state index in [9.17, 15) is 4.79 Å². The van der Waals surface area contributed by atoms with Gasteiger partial charge in [0.15, 0.2) is 0 Å². The first-order chi connectivity index (χ1) is 10.4. The fourth-order valence-electron chi connectivity index (χ4n) is 2.75. The molecule has 22 heavy (non-hydrogen) atoms. The Morgan fingerprint density at radius 3 is 2.91 bits per heavy atom. The normalized spacial score (nSPS) is 23.7. The summed E-state index contributed by atoms with van der Waals surface area (Å²) in [6.07, 6.45) is 6.30. The van der Waals surface area contributed by atoms with Gasteiger partial charge in [0.1, 0.15) is 5.60 Å². The number of hydrogen-bond donors (Lipinski definition) is 1. The number of carbonyl (C=O) groups is 1.